The molecule has 0 aliphatic heterocycles. The fraction of sp³-hybridized carbons (Fsp3) is 0.310. The zero-order valence-corrected chi connectivity index (χ0v) is 41.2. The minimum Gasteiger partial charge on any atom is -0.494 e. The summed E-state index contributed by atoms with van der Waals surface area (Å²) in [5.41, 5.74) is 4.57. The number of carbonyl (C=O) groups is 5. The molecule has 73 heavy (non-hydrogen) atoms. The summed E-state index contributed by atoms with van der Waals surface area (Å²) in [4.78, 5) is 61.4. The molecule has 384 valence electrons. The van der Waals surface area contributed by atoms with Crippen LogP contribution in [-0.2, 0) is 28.6 Å². The van der Waals surface area contributed by atoms with E-state index in [1.165, 1.54) is 18.3 Å². The monoisotopic (exact) mass is 996 g/mol. The molecule has 0 aliphatic rings. The van der Waals surface area contributed by atoms with Crippen LogP contribution in [0.4, 0.5) is 5.69 Å². The van der Waals surface area contributed by atoms with E-state index in [4.69, 9.17) is 37.9 Å². The van der Waals surface area contributed by atoms with E-state index < -0.39 is 29.8 Å². The molecule has 0 atom stereocenters. The molecule has 15 heteroatoms. The Morgan fingerprint density at radius 1 is 0.438 bits per heavy atom. The molecule has 0 radical (unpaired) electrons. The average molecular weight is 997 g/mol. The molecule has 0 bridgehead atoms. The first-order valence-electron chi connectivity index (χ1n) is 24.5. The number of esters is 5. The number of rotatable bonds is 34. The number of ether oxygens (including phenoxy) is 8. The maximum absolute atomic E-state index is 13.8. The van der Waals surface area contributed by atoms with Crippen molar-refractivity contribution in [3.8, 4) is 28.7 Å². The van der Waals surface area contributed by atoms with Crippen molar-refractivity contribution in [2.75, 3.05) is 45.1 Å². The third-order valence-corrected chi connectivity index (χ3v) is 11.0. The predicted molar refractivity (Wildman–Crippen MR) is 280 cm³/mol. The van der Waals surface area contributed by atoms with Crippen LogP contribution in [0.5, 0.6) is 28.7 Å². The van der Waals surface area contributed by atoms with E-state index in [1.807, 2.05) is 42.5 Å². The third-order valence-electron chi connectivity index (χ3n) is 11.0. The van der Waals surface area contributed by atoms with Crippen LogP contribution in [0.15, 0.2) is 146 Å². The van der Waals surface area contributed by atoms with E-state index in [0.717, 1.165) is 93.2 Å². The molecule has 0 saturated heterocycles. The Bertz CT molecular complexity index is 2630. The SMILES string of the molecule is C=CC(=O)OCCCCCCOc1ccc(C(=O)Oc2cc(OCCCCCCOC(=O)C=C)c(OC(=O)c3ccc(OCCCCCCOC(=O)C=C)cc3)cc2/C=N/Nc2ccc3ccccc3c2)cc1. The topological polar surface area (TPSA) is 184 Å². The summed E-state index contributed by atoms with van der Waals surface area (Å²) >= 11 is 0. The molecule has 0 aliphatic carbocycles. The molecule has 1 N–H and O–H groups in total. The van der Waals surface area contributed by atoms with Gasteiger partial charge in [0.25, 0.3) is 0 Å². The number of carbonyl (C=O) groups excluding carboxylic acids is 5. The van der Waals surface area contributed by atoms with Gasteiger partial charge in [-0.15, -0.1) is 0 Å². The molecule has 0 amide bonds. The molecule has 5 aromatic rings. The largest absolute Gasteiger partial charge is 0.494 e. The number of benzene rings is 5. The van der Waals surface area contributed by atoms with Gasteiger partial charge in [-0.05, 0) is 155 Å². The highest BCUT2D eigenvalue weighted by atomic mass is 16.6. The quantitative estimate of drug-likeness (QED) is 0.00781. The smallest absolute Gasteiger partial charge is 0.343 e. The maximum atomic E-state index is 13.8. The summed E-state index contributed by atoms with van der Waals surface area (Å²) in [5.74, 6) is -1.20. The summed E-state index contributed by atoms with van der Waals surface area (Å²) in [7, 11) is 0. The molecule has 0 heterocycles. The first-order valence-corrected chi connectivity index (χ1v) is 24.5. The molecule has 5 aromatic carbocycles. The van der Waals surface area contributed by atoms with E-state index in [0.29, 0.717) is 62.0 Å². The second-order valence-corrected chi connectivity index (χ2v) is 16.5. The number of hydrazone groups is 1. The summed E-state index contributed by atoms with van der Waals surface area (Å²) in [6, 6.07) is 30.0. The standard InChI is InChI=1S/C58H64N2O13/c1-4-54(61)69-36-18-10-7-15-33-66-49-29-24-44(25-30-49)57(64)72-51-41-52(68-35-17-9-12-20-38-71-56(63)6-3)53(40-47(51)42-59-60-48-28-23-43-21-13-14-22-46(43)39-48)73-58(65)45-26-31-50(32-27-45)67-34-16-8-11-19-37-70-55(62)5-2/h4-6,13-14,21-32,39-42,60H,1-3,7-12,15-20,33-38H2/b59-42+. The molecule has 0 aromatic heterocycles. The lowest BCUT2D eigenvalue weighted by Gasteiger charge is -2.16. The minimum atomic E-state index is -0.668. The van der Waals surface area contributed by atoms with E-state index in [2.05, 4.69) is 30.3 Å². The van der Waals surface area contributed by atoms with Gasteiger partial charge in [-0.3, -0.25) is 5.43 Å². The Labute approximate surface area is 426 Å². The second-order valence-electron chi connectivity index (χ2n) is 16.5. The number of hydrogen-bond donors (Lipinski definition) is 1. The lowest BCUT2D eigenvalue weighted by molar-refractivity contribution is -0.138. The Balaban J connectivity index is 1.30. The maximum Gasteiger partial charge on any atom is 0.343 e. The normalized spacial score (nSPS) is 10.7. The van der Waals surface area contributed by atoms with Gasteiger partial charge in [0.05, 0.1) is 62.7 Å². The van der Waals surface area contributed by atoms with E-state index in [1.54, 1.807) is 48.5 Å². The summed E-state index contributed by atoms with van der Waals surface area (Å²) in [5, 5.41) is 6.56. The number of fused-ring (bicyclic) bond motifs is 1. The lowest BCUT2D eigenvalue weighted by atomic mass is 10.1. The van der Waals surface area contributed by atoms with Gasteiger partial charge in [0.1, 0.15) is 17.2 Å². The van der Waals surface area contributed by atoms with Crippen LogP contribution in [0.1, 0.15) is 103 Å². The predicted octanol–water partition coefficient (Wildman–Crippen LogP) is 11.7. The molecule has 0 fully saturated rings. The van der Waals surface area contributed by atoms with Crippen molar-refractivity contribution < 1.29 is 61.9 Å². The van der Waals surface area contributed by atoms with Crippen molar-refractivity contribution in [2.24, 2.45) is 5.10 Å². The highest BCUT2D eigenvalue weighted by molar-refractivity contribution is 5.95. The molecule has 0 saturated carbocycles. The molecular formula is C58H64N2O13. The Morgan fingerprint density at radius 3 is 1.36 bits per heavy atom. The van der Waals surface area contributed by atoms with Crippen molar-refractivity contribution >= 4 is 52.5 Å². The van der Waals surface area contributed by atoms with Gasteiger partial charge in [-0.25, -0.2) is 24.0 Å². The van der Waals surface area contributed by atoms with Gasteiger partial charge in [-0.1, -0.05) is 50.1 Å². The van der Waals surface area contributed by atoms with Crippen LogP contribution in [0.2, 0.25) is 0 Å². The minimum absolute atomic E-state index is 0.0607. The number of nitrogens with zero attached hydrogens (tertiary/aromatic N) is 1. The second kappa shape index (κ2) is 31.9. The Morgan fingerprint density at radius 2 is 0.877 bits per heavy atom. The fourth-order valence-electron chi connectivity index (χ4n) is 7.00. The van der Waals surface area contributed by atoms with Crippen LogP contribution in [-0.4, -0.2) is 75.7 Å². The van der Waals surface area contributed by atoms with E-state index in [9.17, 15) is 24.0 Å². The van der Waals surface area contributed by atoms with Crippen LogP contribution >= 0.6 is 0 Å². The first-order chi connectivity index (χ1) is 35.6. The van der Waals surface area contributed by atoms with Gasteiger partial charge in [0.15, 0.2) is 11.5 Å². The molecule has 0 spiro atoms. The van der Waals surface area contributed by atoms with Crippen LogP contribution in [0, 0.1) is 0 Å². The summed E-state index contributed by atoms with van der Waals surface area (Å²) in [6.45, 7) is 12.3. The summed E-state index contributed by atoms with van der Waals surface area (Å²) in [6.07, 6.45) is 14.3. The van der Waals surface area contributed by atoms with Gasteiger partial charge in [0, 0.05) is 29.9 Å². The number of anilines is 1. The van der Waals surface area contributed by atoms with Crippen molar-refractivity contribution in [3.63, 3.8) is 0 Å². The zero-order chi connectivity index (χ0) is 51.9. The van der Waals surface area contributed by atoms with Gasteiger partial charge >= 0.3 is 29.8 Å². The number of unbranched alkanes of at least 4 members (excludes halogenated alkanes) is 9. The summed E-state index contributed by atoms with van der Waals surface area (Å²) < 4.78 is 45.2. The average Bonchev–Trinajstić information content (AvgIpc) is 3.41. The highest BCUT2D eigenvalue weighted by Gasteiger charge is 2.20. The Kier molecular flexibility index (Phi) is 24.4. The van der Waals surface area contributed by atoms with Crippen molar-refractivity contribution in [2.45, 2.75) is 77.0 Å². The molecule has 15 nitrogen and oxygen atoms in total. The number of hydrogen-bond acceptors (Lipinski definition) is 15. The van der Waals surface area contributed by atoms with Gasteiger partial charge in [0.2, 0.25) is 0 Å². The van der Waals surface area contributed by atoms with Crippen LogP contribution in [0.25, 0.3) is 10.8 Å². The van der Waals surface area contributed by atoms with Crippen LogP contribution in [0.3, 0.4) is 0 Å². The molecule has 0 unspecified atom stereocenters. The van der Waals surface area contributed by atoms with Crippen molar-refractivity contribution in [3.05, 3.63) is 158 Å². The van der Waals surface area contributed by atoms with E-state index in [-0.39, 0.29) is 41.6 Å². The van der Waals surface area contributed by atoms with Crippen molar-refractivity contribution in [1.29, 1.82) is 0 Å². The third kappa shape index (κ3) is 20.6. The van der Waals surface area contributed by atoms with Crippen LogP contribution < -0.4 is 29.1 Å². The first kappa shape index (κ1) is 55.7. The Hall–Kier alpha value is -8.20. The zero-order valence-electron chi connectivity index (χ0n) is 41.2. The fourth-order valence-corrected chi connectivity index (χ4v) is 7.00. The van der Waals surface area contributed by atoms with Crippen molar-refractivity contribution in [1.82, 2.24) is 0 Å². The van der Waals surface area contributed by atoms with Gasteiger partial charge < -0.3 is 37.9 Å². The molecule has 5 rings (SSSR count). The lowest BCUT2D eigenvalue weighted by Crippen LogP contribution is -2.13. The molecular weight excluding hydrogens is 933 g/mol. The van der Waals surface area contributed by atoms with E-state index >= 15 is 0 Å². The highest BCUT2D eigenvalue weighted by Crippen LogP contribution is 2.36. The number of nitrogens with one attached hydrogen (secondary N) is 1. The van der Waals surface area contributed by atoms with Gasteiger partial charge in [-0.2, -0.15) is 5.10 Å².